The number of ether oxygens (including phenoxy) is 2. The highest BCUT2D eigenvalue weighted by atomic mass is 16.5. The second kappa shape index (κ2) is 5.99. The van der Waals surface area contributed by atoms with Crippen molar-refractivity contribution < 1.29 is 18.7 Å². The Morgan fingerprint density at radius 2 is 1.89 bits per heavy atom. The minimum Gasteiger partial charge on any atom is -0.484 e. The molecular weight excluding hydrogens is 248 g/mol. The van der Waals surface area contributed by atoms with Crippen molar-refractivity contribution in [2.75, 3.05) is 7.11 Å². The molecule has 0 atom stereocenters. The molecule has 1 heterocycles. The molecule has 0 bridgehead atoms. The van der Waals surface area contributed by atoms with Gasteiger partial charge < -0.3 is 13.9 Å². The molecule has 0 aliphatic carbocycles. The minimum absolute atomic E-state index is 0.199. The number of hydrogen-bond acceptors (Lipinski definition) is 6. The lowest BCUT2D eigenvalue weighted by atomic mass is 10.2. The summed E-state index contributed by atoms with van der Waals surface area (Å²) < 4.78 is 15.4. The van der Waals surface area contributed by atoms with Crippen LogP contribution >= 0.6 is 0 Å². The number of nitrogens with zero attached hydrogens (tertiary/aromatic N) is 2. The first-order valence-corrected chi connectivity index (χ1v) is 5.85. The Morgan fingerprint density at radius 3 is 2.47 bits per heavy atom. The SMILES string of the molecule is CCc1nnc(COc2ccc(C(=O)OC)cc2)o1. The second-order valence-corrected chi connectivity index (χ2v) is 3.75. The first-order chi connectivity index (χ1) is 9.22. The normalized spacial score (nSPS) is 10.2. The Labute approximate surface area is 110 Å². The molecule has 19 heavy (non-hydrogen) atoms. The minimum atomic E-state index is -0.379. The van der Waals surface area contributed by atoms with Gasteiger partial charge in [0, 0.05) is 6.42 Å². The molecule has 0 N–H and O–H groups in total. The lowest BCUT2D eigenvalue weighted by Gasteiger charge is -2.04. The molecule has 6 heteroatoms. The summed E-state index contributed by atoms with van der Waals surface area (Å²) in [5.74, 6) is 1.24. The summed E-state index contributed by atoms with van der Waals surface area (Å²) in [6, 6.07) is 6.63. The van der Waals surface area contributed by atoms with Crippen molar-refractivity contribution >= 4 is 5.97 Å². The quantitative estimate of drug-likeness (QED) is 0.767. The third-order valence-electron chi connectivity index (χ3n) is 2.45. The van der Waals surface area contributed by atoms with Crippen LogP contribution in [0.2, 0.25) is 0 Å². The van der Waals surface area contributed by atoms with E-state index in [1.54, 1.807) is 24.3 Å². The molecule has 6 nitrogen and oxygen atoms in total. The summed E-state index contributed by atoms with van der Waals surface area (Å²) in [6.07, 6.45) is 0.695. The van der Waals surface area contributed by atoms with Gasteiger partial charge in [0.05, 0.1) is 12.7 Å². The highest BCUT2D eigenvalue weighted by molar-refractivity contribution is 5.89. The number of carbonyl (C=O) groups is 1. The molecule has 0 unspecified atom stereocenters. The Hall–Kier alpha value is -2.37. The molecule has 0 spiro atoms. The van der Waals surface area contributed by atoms with Gasteiger partial charge in [-0.3, -0.25) is 0 Å². The van der Waals surface area contributed by atoms with Crippen LogP contribution in [0.4, 0.5) is 0 Å². The summed E-state index contributed by atoms with van der Waals surface area (Å²) in [5, 5.41) is 7.68. The van der Waals surface area contributed by atoms with Gasteiger partial charge in [0.25, 0.3) is 5.89 Å². The van der Waals surface area contributed by atoms with E-state index in [4.69, 9.17) is 9.15 Å². The van der Waals surface area contributed by atoms with Crippen LogP contribution in [-0.2, 0) is 17.8 Å². The number of carbonyl (C=O) groups excluding carboxylic acids is 1. The van der Waals surface area contributed by atoms with E-state index in [-0.39, 0.29) is 12.6 Å². The molecule has 0 radical (unpaired) electrons. The Kier molecular flexibility index (Phi) is 4.12. The van der Waals surface area contributed by atoms with Crippen LogP contribution in [0.3, 0.4) is 0 Å². The highest BCUT2D eigenvalue weighted by Crippen LogP contribution is 2.14. The summed E-state index contributed by atoms with van der Waals surface area (Å²) in [5.41, 5.74) is 0.473. The topological polar surface area (TPSA) is 74.5 Å². The molecule has 2 aromatic rings. The van der Waals surface area contributed by atoms with Crippen LogP contribution in [-0.4, -0.2) is 23.3 Å². The van der Waals surface area contributed by atoms with E-state index >= 15 is 0 Å². The van der Waals surface area contributed by atoms with E-state index < -0.39 is 0 Å². The zero-order valence-electron chi connectivity index (χ0n) is 10.8. The predicted octanol–water partition coefficient (Wildman–Crippen LogP) is 2.00. The van der Waals surface area contributed by atoms with Crippen molar-refractivity contribution in [2.45, 2.75) is 20.0 Å². The Bertz CT molecular complexity index is 548. The second-order valence-electron chi connectivity index (χ2n) is 3.75. The fraction of sp³-hybridized carbons (Fsp3) is 0.308. The van der Waals surface area contributed by atoms with Gasteiger partial charge in [0.1, 0.15) is 5.75 Å². The molecule has 1 aromatic carbocycles. The molecule has 0 saturated heterocycles. The van der Waals surface area contributed by atoms with Crippen LogP contribution in [0.15, 0.2) is 28.7 Å². The first-order valence-electron chi connectivity index (χ1n) is 5.85. The van der Waals surface area contributed by atoms with Gasteiger partial charge in [-0.05, 0) is 24.3 Å². The monoisotopic (exact) mass is 262 g/mol. The maximum atomic E-state index is 11.2. The van der Waals surface area contributed by atoms with Crippen molar-refractivity contribution in [1.82, 2.24) is 10.2 Å². The van der Waals surface area contributed by atoms with Crippen LogP contribution in [0.25, 0.3) is 0 Å². The zero-order valence-corrected chi connectivity index (χ0v) is 10.8. The molecule has 1 aromatic heterocycles. The van der Waals surface area contributed by atoms with Crippen molar-refractivity contribution in [1.29, 1.82) is 0 Å². The zero-order chi connectivity index (χ0) is 13.7. The smallest absolute Gasteiger partial charge is 0.337 e. The maximum Gasteiger partial charge on any atom is 0.337 e. The van der Waals surface area contributed by atoms with Crippen LogP contribution < -0.4 is 4.74 Å². The average Bonchev–Trinajstić information content (AvgIpc) is 2.93. The molecule has 0 amide bonds. The molecule has 0 aliphatic heterocycles. The summed E-state index contributed by atoms with van der Waals surface area (Å²) in [6.45, 7) is 2.13. The van der Waals surface area contributed by atoms with Crippen LogP contribution in [0.5, 0.6) is 5.75 Å². The van der Waals surface area contributed by atoms with Crippen molar-refractivity contribution in [3.05, 3.63) is 41.6 Å². The molecule has 2 rings (SSSR count). The first kappa shape index (κ1) is 13.1. The largest absolute Gasteiger partial charge is 0.484 e. The van der Waals surface area contributed by atoms with Crippen molar-refractivity contribution in [3.8, 4) is 5.75 Å². The lowest BCUT2D eigenvalue weighted by Crippen LogP contribution is -2.01. The van der Waals surface area contributed by atoms with E-state index in [9.17, 15) is 4.79 Å². The summed E-state index contributed by atoms with van der Waals surface area (Å²) in [7, 11) is 1.34. The third-order valence-corrected chi connectivity index (χ3v) is 2.45. The number of methoxy groups -OCH3 is 1. The number of hydrogen-bond donors (Lipinski definition) is 0. The van der Waals surface area contributed by atoms with Gasteiger partial charge in [-0.15, -0.1) is 10.2 Å². The molecular formula is C13H14N2O4. The van der Waals surface area contributed by atoms with Crippen molar-refractivity contribution in [2.24, 2.45) is 0 Å². The average molecular weight is 262 g/mol. The Morgan fingerprint density at radius 1 is 1.21 bits per heavy atom. The fourth-order valence-electron chi connectivity index (χ4n) is 1.44. The maximum absolute atomic E-state index is 11.2. The third kappa shape index (κ3) is 3.31. The van der Waals surface area contributed by atoms with Gasteiger partial charge in [0.2, 0.25) is 5.89 Å². The molecule has 0 saturated carbocycles. The van der Waals surface area contributed by atoms with Crippen molar-refractivity contribution in [3.63, 3.8) is 0 Å². The molecule has 0 fully saturated rings. The van der Waals surface area contributed by atoms with Gasteiger partial charge in [0.15, 0.2) is 6.61 Å². The highest BCUT2D eigenvalue weighted by Gasteiger charge is 2.07. The van der Waals surface area contributed by atoms with Gasteiger partial charge >= 0.3 is 5.97 Å². The van der Waals surface area contributed by atoms with Gasteiger partial charge in [-0.25, -0.2) is 4.79 Å². The number of aromatic nitrogens is 2. The summed E-state index contributed by atoms with van der Waals surface area (Å²) in [4.78, 5) is 11.2. The van der Waals surface area contributed by atoms with Crippen LogP contribution in [0, 0.1) is 0 Å². The number of aryl methyl sites for hydroxylation is 1. The predicted molar refractivity (Wildman–Crippen MR) is 65.8 cm³/mol. The molecule has 100 valence electrons. The number of rotatable bonds is 5. The number of esters is 1. The van der Waals surface area contributed by atoms with E-state index in [0.717, 1.165) is 0 Å². The van der Waals surface area contributed by atoms with E-state index in [1.807, 2.05) is 6.92 Å². The van der Waals surface area contributed by atoms with Gasteiger partial charge in [-0.1, -0.05) is 6.92 Å². The Balaban J connectivity index is 1.94. The van der Waals surface area contributed by atoms with E-state index in [2.05, 4.69) is 14.9 Å². The summed E-state index contributed by atoms with van der Waals surface area (Å²) >= 11 is 0. The number of benzene rings is 1. The van der Waals surface area contributed by atoms with E-state index in [1.165, 1.54) is 7.11 Å². The molecule has 0 aliphatic rings. The standard InChI is InChI=1S/C13H14N2O4/c1-3-11-14-15-12(19-11)8-18-10-6-4-9(5-7-10)13(16)17-2/h4-7H,3,8H2,1-2H3. The van der Waals surface area contributed by atoms with Gasteiger partial charge in [-0.2, -0.15) is 0 Å². The lowest BCUT2D eigenvalue weighted by molar-refractivity contribution is 0.0600. The van der Waals surface area contributed by atoms with E-state index in [0.29, 0.717) is 29.5 Å². The fourth-order valence-corrected chi connectivity index (χ4v) is 1.44. The van der Waals surface area contributed by atoms with Crippen LogP contribution in [0.1, 0.15) is 29.1 Å².